The number of carbonyl (C=O) groups excluding carboxylic acids is 2. The zero-order valence-corrected chi connectivity index (χ0v) is 13.6. The van der Waals surface area contributed by atoms with Crippen molar-refractivity contribution in [2.75, 3.05) is 6.54 Å². The highest BCUT2D eigenvalue weighted by molar-refractivity contribution is 5.87. The van der Waals surface area contributed by atoms with E-state index in [9.17, 15) is 9.59 Å². The van der Waals surface area contributed by atoms with Crippen molar-refractivity contribution >= 4 is 11.8 Å². The summed E-state index contributed by atoms with van der Waals surface area (Å²) in [6.45, 7) is 6.89. The van der Waals surface area contributed by atoms with Crippen LogP contribution in [-0.4, -0.2) is 44.5 Å². The quantitative estimate of drug-likeness (QED) is 0.825. The molecule has 1 aliphatic heterocycles. The Labute approximate surface area is 130 Å². The summed E-state index contributed by atoms with van der Waals surface area (Å²) in [5, 5.41) is 9.61. The molecule has 0 radical (unpaired) electrons. The number of likely N-dealkylation sites (tertiary alicyclic amines) is 1. The lowest BCUT2D eigenvalue weighted by Crippen LogP contribution is -2.51. The lowest BCUT2D eigenvalue weighted by Gasteiger charge is -2.34. The molecule has 0 aliphatic carbocycles. The van der Waals surface area contributed by atoms with E-state index in [2.05, 4.69) is 34.3 Å². The first-order valence-corrected chi connectivity index (χ1v) is 7.92. The smallest absolute Gasteiger partial charge is 0.243 e. The highest BCUT2D eigenvalue weighted by Crippen LogP contribution is 2.19. The maximum Gasteiger partial charge on any atom is 0.243 e. The first kappa shape index (κ1) is 16.5. The van der Waals surface area contributed by atoms with Gasteiger partial charge in [-0.3, -0.25) is 14.7 Å². The fraction of sp³-hybridized carbons (Fsp3) is 0.733. The zero-order chi connectivity index (χ0) is 16.1. The molecule has 0 unspecified atom stereocenters. The van der Waals surface area contributed by atoms with Crippen LogP contribution in [0.1, 0.15) is 51.2 Å². The van der Waals surface area contributed by atoms with Crippen LogP contribution < -0.4 is 5.32 Å². The number of nitrogens with one attached hydrogen (secondary N) is 2. The number of rotatable bonds is 6. The number of carbonyl (C=O) groups is 2. The van der Waals surface area contributed by atoms with Crippen molar-refractivity contribution in [2.45, 2.75) is 59.0 Å². The van der Waals surface area contributed by atoms with Gasteiger partial charge in [0.05, 0.1) is 6.54 Å². The van der Waals surface area contributed by atoms with Gasteiger partial charge in [0, 0.05) is 13.0 Å². The molecule has 1 aliphatic rings. The van der Waals surface area contributed by atoms with E-state index in [1.807, 2.05) is 6.92 Å². The van der Waals surface area contributed by atoms with Crippen LogP contribution in [0.3, 0.4) is 0 Å². The van der Waals surface area contributed by atoms with E-state index in [0.717, 1.165) is 12.8 Å². The average molecular weight is 307 g/mol. The molecule has 2 heterocycles. The van der Waals surface area contributed by atoms with Crippen LogP contribution in [0.15, 0.2) is 0 Å². The molecule has 1 saturated heterocycles. The molecule has 1 fully saturated rings. The topological polar surface area (TPSA) is 91.0 Å². The second-order valence-corrected chi connectivity index (χ2v) is 6.24. The third kappa shape index (κ3) is 4.29. The van der Waals surface area contributed by atoms with Crippen molar-refractivity contribution in [3.05, 3.63) is 11.6 Å². The van der Waals surface area contributed by atoms with E-state index in [1.54, 1.807) is 4.90 Å². The minimum atomic E-state index is -0.396. The molecule has 7 nitrogen and oxygen atoms in total. The summed E-state index contributed by atoms with van der Waals surface area (Å²) in [5.74, 6) is 1.58. The molecule has 0 saturated carbocycles. The van der Waals surface area contributed by atoms with Crippen LogP contribution >= 0.6 is 0 Å². The zero-order valence-electron chi connectivity index (χ0n) is 13.6. The molecular formula is C15H25N5O2. The molecule has 1 atom stereocenters. The maximum absolute atomic E-state index is 12.5. The summed E-state index contributed by atoms with van der Waals surface area (Å²) in [7, 11) is 0. The number of hydrogen-bond donors (Lipinski definition) is 2. The third-order valence-electron chi connectivity index (χ3n) is 3.80. The highest BCUT2D eigenvalue weighted by atomic mass is 16.2. The SMILES string of the molecule is Cc1nc(CNC(=O)[C@@H](CC(C)C)N2CCCCC2=O)n[nH]1. The Morgan fingerprint density at radius 3 is 2.77 bits per heavy atom. The van der Waals surface area contributed by atoms with Gasteiger partial charge in [0.1, 0.15) is 11.9 Å². The summed E-state index contributed by atoms with van der Waals surface area (Å²) in [4.78, 5) is 30.6. The Hall–Kier alpha value is -1.92. The Balaban J connectivity index is 2.00. The van der Waals surface area contributed by atoms with E-state index in [1.165, 1.54) is 0 Å². The van der Waals surface area contributed by atoms with E-state index < -0.39 is 6.04 Å². The predicted molar refractivity (Wildman–Crippen MR) is 81.8 cm³/mol. The Kier molecular flexibility index (Phi) is 5.51. The van der Waals surface area contributed by atoms with Crippen molar-refractivity contribution < 1.29 is 9.59 Å². The first-order valence-electron chi connectivity index (χ1n) is 7.92. The summed E-state index contributed by atoms with van der Waals surface area (Å²) in [5.41, 5.74) is 0. The molecule has 0 spiro atoms. The minimum absolute atomic E-state index is 0.0841. The molecule has 7 heteroatoms. The van der Waals surface area contributed by atoms with E-state index in [-0.39, 0.29) is 18.4 Å². The lowest BCUT2D eigenvalue weighted by molar-refractivity contribution is -0.143. The average Bonchev–Trinajstić information content (AvgIpc) is 2.88. The van der Waals surface area contributed by atoms with Gasteiger partial charge in [-0.15, -0.1) is 0 Å². The number of aromatic amines is 1. The second kappa shape index (κ2) is 7.38. The fourth-order valence-electron chi connectivity index (χ4n) is 2.73. The minimum Gasteiger partial charge on any atom is -0.347 e. The molecule has 2 rings (SSSR count). The second-order valence-electron chi connectivity index (χ2n) is 6.24. The summed E-state index contributed by atoms with van der Waals surface area (Å²) < 4.78 is 0. The molecule has 2 N–H and O–H groups in total. The van der Waals surface area contributed by atoms with Gasteiger partial charge in [-0.2, -0.15) is 5.10 Å². The molecule has 2 amide bonds. The van der Waals surface area contributed by atoms with Crippen molar-refractivity contribution in [2.24, 2.45) is 5.92 Å². The van der Waals surface area contributed by atoms with Crippen LogP contribution in [-0.2, 0) is 16.1 Å². The largest absolute Gasteiger partial charge is 0.347 e. The van der Waals surface area contributed by atoms with Crippen LogP contribution in [0.5, 0.6) is 0 Å². The van der Waals surface area contributed by atoms with Gasteiger partial charge < -0.3 is 10.2 Å². The number of aromatic nitrogens is 3. The predicted octanol–water partition coefficient (Wildman–Crippen LogP) is 1.16. The Bertz CT molecular complexity index is 526. The summed E-state index contributed by atoms with van der Waals surface area (Å²) in [6, 6.07) is -0.396. The molecule has 0 aromatic carbocycles. The summed E-state index contributed by atoms with van der Waals surface area (Å²) in [6.07, 6.45) is 3.10. The monoisotopic (exact) mass is 307 g/mol. The van der Waals surface area contributed by atoms with Gasteiger partial charge >= 0.3 is 0 Å². The fourth-order valence-corrected chi connectivity index (χ4v) is 2.73. The molecule has 122 valence electrons. The maximum atomic E-state index is 12.5. The standard InChI is InChI=1S/C15H25N5O2/c1-10(2)8-12(20-7-5-4-6-14(20)21)15(22)16-9-13-17-11(3)18-19-13/h10,12H,4-9H2,1-3H3,(H,16,22)(H,17,18,19)/t12-/m1/s1. The number of nitrogens with zero attached hydrogens (tertiary/aromatic N) is 3. The first-order chi connectivity index (χ1) is 10.5. The van der Waals surface area contributed by atoms with Crippen LogP contribution in [0.25, 0.3) is 0 Å². The number of hydrogen-bond acceptors (Lipinski definition) is 4. The molecule has 1 aromatic heterocycles. The Morgan fingerprint density at radius 2 is 2.18 bits per heavy atom. The van der Waals surface area contributed by atoms with Gasteiger partial charge in [-0.05, 0) is 32.1 Å². The van der Waals surface area contributed by atoms with Crippen molar-refractivity contribution in [1.82, 2.24) is 25.4 Å². The van der Waals surface area contributed by atoms with Crippen molar-refractivity contribution in [3.8, 4) is 0 Å². The highest BCUT2D eigenvalue weighted by Gasteiger charge is 2.31. The van der Waals surface area contributed by atoms with Gasteiger partial charge in [-0.25, -0.2) is 4.98 Å². The molecular weight excluding hydrogens is 282 g/mol. The Morgan fingerprint density at radius 1 is 1.41 bits per heavy atom. The van der Waals surface area contributed by atoms with Gasteiger partial charge in [0.2, 0.25) is 11.8 Å². The van der Waals surface area contributed by atoms with Crippen LogP contribution in [0.4, 0.5) is 0 Å². The normalized spacial score (nSPS) is 16.9. The number of piperidine rings is 1. The van der Waals surface area contributed by atoms with E-state index >= 15 is 0 Å². The van der Waals surface area contributed by atoms with E-state index in [0.29, 0.717) is 37.0 Å². The van der Waals surface area contributed by atoms with Gasteiger partial charge in [-0.1, -0.05) is 13.8 Å². The lowest BCUT2D eigenvalue weighted by atomic mass is 9.98. The van der Waals surface area contributed by atoms with Crippen LogP contribution in [0.2, 0.25) is 0 Å². The molecule has 1 aromatic rings. The molecule has 0 bridgehead atoms. The molecule has 22 heavy (non-hydrogen) atoms. The number of amides is 2. The number of H-pyrrole nitrogens is 1. The van der Waals surface area contributed by atoms with Crippen molar-refractivity contribution in [3.63, 3.8) is 0 Å². The van der Waals surface area contributed by atoms with Crippen molar-refractivity contribution in [1.29, 1.82) is 0 Å². The summed E-state index contributed by atoms with van der Waals surface area (Å²) >= 11 is 0. The van der Waals surface area contributed by atoms with Gasteiger partial charge in [0.15, 0.2) is 5.82 Å². The van der Waals surface area contributed by atoms with E-state index in [4.69, 9.17) is 0 Å². The van der Waals surface area contributed by atoms with Crippen LogP contribution in [0, 0.1) is 12.8 Å². The number of aryl methyl sites for hydroxylation is 1. The third-order valence-corrected chi connectivity index (χ3v) is 3.80. The van der Waals surface area contributed by atoms with Gasteiger partial charge in [0.25, 0.3) is 0 Å².